The summed E-state index contributed by atoms with van der Waals surface area (Å²) < 4.78 is 10.7. The van der Waals surface area contributed by atoms with Crippen LogP contribution in [0, 0.1) is 0 Å². The van der Waals surface area contributed by atoms with Crippen molar-refractivity contribution in [3.8, 4) is 11.5 Å². The quantitative estimate of drug-likeness (QED) is 0.874. The van der Waals surface area contributed by atoms with Gasteiger partial charge in [0.05, 0.1) is 14.2 Å². The molecule has 1 N–H and O–H groups in total. The molecule has 21 heavy (non-hydrogen) atoms. The second-order valence-electron chi connectivity index (χ2n) is 5.90. The fraction of sp³-hybridized carbons (Fsp3) is 0.647. The number of nitrogens with zero attached hydrogens (tertiary/aromatic N) is 1. The molecule has 0 heterocycles. The molecule has 0 unspecified atom stereocenters. The summed E-state index contributed by atoms with van der Waals surface area (Å²) >= 11 is 0. The van der Waals surface area contributed by atoms with Crippen molar-refractivity contribution >= 4 is 0 Å². The summed E-state index contributed by atoms with van der Waals surface area (Å²) in [4.78, 5) is 2.47. The first-order chi connectivity index (χ1) is 10.2. The zero-order chi connectivity index (χ0) is 15.2. The fourth-order valence-corrected chi connectivity index (χ4v) is 3.20. The third-order valence-electron chi connectivity index (χ3n) is 4.61. The van der Waals surface area contributed by atoms with Gasteiger partial charge in [0.25, 0.3) is 0 Å². The van der Waals surface area contributed by atoms with Crippen molar-refractivity contribution in [2.45, 2.75) is 44.3 Å². The maximum atomic E-state index is 5.38. The molecule has 0 atom stereocenters. The van der Waals surface area contributed by atoms with Gasteiger partial charge in [-0.2, -0.15) is 0 Å². The smallest absolute Gasteiger partial charge is 0.161 e. The van der Waals surface area contributed by atoms with Crippen molar-refractivity contribution in [3.05, 3.63) is 23.8 Å². The van der Waals surface area contributed by atoms with E-state index in [-0.39, 0.29) is 0 Å². The van der Waals surface area contributed by atoms with Crippen molar-refractivity contribution in [1.29, 1.82) is 0 Å². The summed E-state index contributed by atoms with van der Waals surface area (Å²) in [5.74, 6) is 1.60. The molecule has 0 saturated heterocycles. The van der Waals surface area contributed by atoms with Gasteiger partial charge in [0.1, 0.15) is 0 Å². The van der Waals surface area contributed by atoms with Gasteiger partial charge in [-0.1, -0.05) is 6.07 Å². The minimum atomic E-state index is 0.683. The van der Waals surface area contributed by atoms with Crippen LogP contribution in [0.15, 0.2) is 18.2 Å². The molecule has 0 spiro atoms. The zero-order valence-corrected chi connectivity index (χ0v) is 13.7. The Morgan fingerprint density at radius 3 is 2.33 bits per heavy atom. The number of rotatable bonds is 6. The molecule has 118 valence electrons. The SMILES string of the molecule is CNC1CCC(N(C)Cc2ccc(OC)c(OC)c2)CC1. The molecule has 0 bridgehead atoms. The van der Waals surface area contributed by atoms with Crippen LogP contribution in [0.1, 0.15) is 31.2 Å². The van der Waals surface area contributed by atoms with Crippen LogP contribution >= 0.6 is 0 Å². The lowest BCUT2D eigenvalue weighted by molar-refractivity contribution is 0.170. The van der Waals surface area contributed by atoms with E-state index in [4.69, 9.17) is 9.47 Å². The average Bonchev–Trinajstić information content (AvgIpc) is 2.54. The van der Waals surface area contributed by atoms with Gasteiger partial charge in [0, 0.05) is 18.6 Å². The van der Waals surface area contributed by atoms with Crippen molar-refractivity contribution < 1.29 is 9.47 Å². The van der Waals surface area contributed by atoms with Gasteiger partial charge in [0.15, 0.2) is 11.5 Å². The van der Waals surface area contributed by atoms with E-state index in [9.17, 15) is 0 Å². The molecule has 1 aromatic rings. The van der Waals surface area contributed by atoms with Gasteiger partial charge in [-0.15, -0.1) is 0 Å². The van der Waals surface area contributed by atoms with Gasteiger partial charge >= 0.3 is 0 Å². The Morgan fingerprint density at radius 1 is 1.10 bits per heavy atom. The topological polar surface area (TPSA) is 33.7 Å². The molecule has 0 amide bonds. The Kier molecular flexibility index (Phi) is 5.88. The highest BCUT2D eigenvalue weighted by atomic mass is 16.5. The molecule has 1 fully saturated rings. The zero-order valence-electron chi connectivity index (χ0n) is 13.7. The summed E-state index contributed by atoms with van der Waals surface area (Å²) in [6.45, 7) is 0.954. The Hall–Kier alpha value is -1.26. The average molecular weight is 292 g/mol. The van der Waals surface area contributed by atoms with Crippen LogP contribution in [0.25, 0.3) is 0 Å². The van der Waals surface area contributed by atoms with E-state index in [2.05, 4.69) is 36.4 Å². The minimum absolute atomic E-state index is 0.683. The first-order valence-corrected chi connectivity index (χ1v) is 7.76. The Morgan fingerprint density at radius 2 is 1.76 bits per heavy atom. The summed E-state index contributed by atoms with van der Waals surface area (Å²) in [5, 5.41) is 3.39. The van der Waals surface area contributed by atoms with Gasteiger partial charge in [-0.05, 0) is 57.5 Å². The number of methoxy groups -OCH3 is 2. The number of nitrogens with one attached hydrogen (secondary N) is 1. The highest BCUT2D eigenvalue weighted by Crippen LogP contribution is 2.29. The third kappa shape index (κ3) is 4.11. The third-order valence-corrected chi connectivity index (χ3v) is 4.61. The lowest BCUT2D eigenvalue weighted by Gasteiger charge is -2.34. The molecular formula is C17H28N2O2. The Balaban J connectivity index is 1.95. The van der Waals surface area contributed by atoms with E-state index < -0.39 is 0 Å². The van der Waals surface area contributed by atoms with Crippen LogP contribution < -0.4 is 14.8 Å². The molecule has 0 radical (unpaired) electrons. The number of ether oxygens (including phenoxy) is 2. The predicted octanol–water partition coefficient (Wildman–Crippen LogP) is 2.67. The van der Waals surface area contributed by atoms with Crippen LogP contribution in [0.3, 0.4) is 0 Å². The minimum Gasteiger partial charge on any atom is -0.493 e. The van der Waals surface area contributed by atoms with Crippen LogP contribution in [0.4, 0.5) is 0 Å². The molecule has 1 saturated carbocycles. The molecule has 1 aromatic carbocycles. The largest absolute Gasteiger partial charge is 0.493 e. The summed E-state index contributed by atoms with van der Waals surface area (Å²) in [7, 11) is 7.65. The summed E-state index contributed by atoms with van der Waals surface area (Å²) in [6, 6.07) is 7.57. The van der Waals surface area contributed by atoms with E-state index in [0.29, 0.717) is 12.1 Å². The van der Waals surface area contributed by atoms with E-state index >= 15 is 0 Å². The van der Waals surface area contributed by atoms with Gasteiger partial charge in [-0.3, -0.25) is 4.90 Å². The summed E-state index contributed by atoms with van der Waals surface area (Å²) in [6.07, 6.45) is 5.10. The fourth-order valence-electron chi connectivity index (χ4n) is 3.20. The van der Waals surface area contributed by atoms with E-state index in [1.54, 1.807) is 14.2 Å². The van der Waals surface area contributed by atoms with Crippen LogP contribution in [-0.4, -0.2) is 45.3 Å². The number of hydrogen-bond donors (Lipinski definition) is 1. The molecule has 4 heteroatoms. The molecule has 1 aliphatic rings. The van der Waals surface area contributed by atoms with Crippen LogP contribution in [-0.2, 0) is 6.54 Å². The first kappa shape index (κ1) is 16.1. The van der Waals surface area contributed by atoms with Gasteiger partial charge in [0.2, 0.25) is 0 Å². The van der Waals surface area contributed by atoms with Crippen LogP contribution in [0.2, 0.25) is 0 Å². The normalized spacial score (nSPS) is 22.3. The van der Waals surface area contributed by atoms with E-state index in [1.165, 1.54) is 31.2 Å². The van der Waals surface area contributed by atoms with Crippen molar-refractivity contribution in [1.82, 2.24) is 10.2 Å². The maximum absolute atomic E-state index is 5.38. The van der Waals surface area contributed by atoms with Crippen LogP contribution in [0.5, 0.6) is 11.5 Å². The second-order valence-corrected chi connectivity index (χ2v) is 5.90. The van der Waals surface area contributed by atoms with Crippen molar-refractivity contribution in [3.63, 3.8) is 0 Å². The van der Waals surface area contributed by atoms with Crippen molar-refractivity contribution in [2.24, 2.45) is 0 Å². The monoisotopic (exact) mass is 292 g/mol. The molecule has 1 aliphatic carbocycles. The maximum Gasteiger partial charge on any atom is 0.161 e. The lowest BCUT2D eigenvalue weighted by Crippen LogP contribution is -2.39. The van der Waals surface area contributed by atoms with E-state index in [0.717, 1.165) is 18.0 Å². The van der Waals surface area contributed by atoms with Crippen molar-refractivity contribution in [2.75, 3.05) is 28.3 Å². The molecule has 0 aliphatic heterocycles. The second kappa shape index (κ2) is 7.66. The first-order valence-electron chi connectivity index (χ1n) is 7.76. The number of benzene rings is 1. The molecule has 0 aromatic heterocycles. The molecule has 4 nitrogen and oxygen atoms in total. The number of hydrogen-bond acceptors (Lipinski definition) is 4. The highest BCUT2D eigenvalue weighted by molar-refractivity contribution is 5.42. The lowest BCUT2D eigenvalue weighted by atomic mass is 9.90. The van der Waals surface area contributed by atoms with E-state index in [1.807, 2.05) is 6.07 Å². The Labute approximate surface area is 128 Å². The van der Waals surface area contributed by atoms with Gasteiger partial charge in [-0.25, -0.2) is 0 Å². The predicted molar refractivity (Wildman–Crippen MR) is 86.1 cm³/mol. The standard InChI is InChI=1S/C17H28N2O2/c1-18-14-6-8-15(9-7-14)19(2)12-13-5-10-16(20-3)17(11-13)21-4/h5,10-11,14-15,18H,6-9,12H2,1-4H3. The summed E-state index contributed by atoms with van der Waals surface area (Å²) in [5.41, 5.74) is 1.27. The Bertz CT molecular complexity index is 442. The highest BCUT2D eigenvalue weighted by Gasteiger charge is 2.23. The molecular weight excluding hydrogens is 264 g/mol. The molecule has 2 rings (SSSR count). The van der Waals surface area contributed by atoms with Gasteiger partial charge < -0.3 is 14.8 Å².